The molecular formula is C14H18F3N5O. The molecule has 0 saturated heterocycles. The lowest BCUT2D eigenvalue weighted by Gasteiger charge is -2.16. The number of fused-ring (bicyclic) bond motifs is 1. The van der Waals surface area contributed by atoms with E-state index in [1.807, 2.05) is 6.92 Å². The summed E-state index contributed by atoms with van der Waals surface area (Å²) in [6.45, 7) is 5.23. The number of nitrogens with zero attached hydrogens (tertiary/aromatic N) is 3. The summed E-state index contributed by atoms with van der Waals surface area (Å²) in [5.74, 6) is -0.978. The van der Waals surface area contributed by atoms with Gasteiger partial charge in [-0.05, 0) is 25.3 Å². The van der Waals surface area contributed by atoms with Crippen molar-refractivity contribution in [2.24, 2.45) is 5.92 Å². The minimum atomic E-state index is -4.27. The van der Waals surface area contributed by atoms with Crippen LogP contribution in [-0.2, 0) is 4.79 Å². The van der Waals surface area contributed by atoms with Crippen LogP contribution in [0.4, 0.5) is 19.0 Å². The Balaban J connectivity index is 2.13. The molecule has 0 aromatic carbocycles. The van der Waals surface area contributed by atoms with Gasteiger partial charge in [0.2, 0.25) is 5.91 Å². The van der Waals surface area contributed by atoms with Crippen molar-refractivity contribution in [1.82, 2.24) is 20.4 Å². The van der Waals surface area contributed by atoms with Crippen molar-refractivity contribution < 1.29 is 18.0 Å². The maximum absolute atomic E-state index is 12.5. The highest BCUT2D eigenvalue weighted by atomic mass is 19.4. The number of carbonyl (C=O) groups is 1. The number of aryl methyl sites for hydroxylation is 2. The fraction of sp³-hybridized carbons (Fsp3) is 0.571. The van der Waals surface area contributed by atoms with E-state index in [2.05, 4.69) is 25.7 Å². The monoisotopic (exact) mass is 329 g/mol. The Kier molecular flexibility index (Phi) is 4.86. The molecule has 2 heterocycles. The standard InChI is InChI=1S/C14H18F3N5O/c1-4-9(6-14(15,16)17)5-10(23)18-12-11-7(2)8(3)19-21-13(11)22-20-12/h9H,4-6H2,1-3H3,(H2,18,20,21,22,23). The number of rotatable bonds is 5. The molecule has 0 aliphatic heterocycles. The first-order valence-corrected chi connectivity index (χ1v) is 7.25. The molecule has 0 aliphatic rings. The van der Waals surface area contributed by atoms with Crippen molar-refractivity contribution in [2.75, 3.05) is 5.32 Å². The summed E-state index contributed by atoms with van der Waals surface area (Å²) in [4.78, 5) is 12.0. The molecule has 2 aromatic rings. The van der Waals surface area contributed by atoms with Crippen molar-refractivity contribution in [3.05, 3.63) is 11.3 Å². The number of aromatic nitrogens is 4. The van der Waals surface area contributed by atoms with Gasteiger partial charge in [0.05, 0.1) is 11.1 Å². The highest BCUT2D eigenvalue weighted by molar-refractivity contribution is 5.99. The van der Waals surface area contributed by atoms with Crippen LogP contribution in [-0.4, -0.2) is 32.5 Å². The van der Waals surface area contributed by atoms with Crippen molar-refractivity contribution in [3.63, 3.8) is 0 Å². The Morgan fingerprint density at radius 1 is 1.30 bits per heavy atom. The van der Waals surface area contributed by atoms with Gasteiger partial charge in [0.1, 0.15) is 0 Å². The third-order valence-corrected chi connectivity index (χ3v) is 3.79. The molecule has 126 valence electrons. The molecular weight excluding hydrogens is 311 g/mol. The van der Waals surface area contributed by atoms with Gasteiger partial charge >= 0.3 is 6.18 Å². The first kappa shape index (κ1) is 17.2. The van der Waals surface area contributed by atoms with Gasteiger partial charge in [0.25, 0.3) is 0 Å². The zero-order valence-corrected chi connectivity index (χ0v) is 13.1. The Bertz CT molecular complexity index is 710. The van der Waals surface area contributed by atoms with Gasteiger partial charge < -0.3 is 5.32 Å². The summed E-state index contributed by atoms with van der Waals surface area (Å²) in [5, 5.41) is 17.7. The molecule has 9 heteroatoms. The third kappa shape index (κ3) is 4.17. The largest absolute Gasteiger partial charge is 0.389 e. The first-order valence-electron chi connectivity index (χ1n) is 7.25. The van der Waals surface area contributed by atoms with E-state index < -0.39 is 24.4 Å². The fourth-order valence-electron chi connectivity index (χ4n) is 2.37. The zero-order valence-electron chi connectivity index (χ0n) is 13.1. The Labute approximate surface area is 130 Å². The van der Waals surface area contributed by atoms with Gasteiger partial charge in [-0.2, -0.15) is 23.4 Å². The van der Waals surface area contributed by atoms with E-state index in [9.17, 15) is 18.0 Å². The third-order valence-electron chi connectivity index (χ3n) is 3.79. The molecule has 0 radical (unpaired) electrons. The van der Waals surface area contributed by atoms with Crippen LogP contribution in [0.5, 0.6) is 0 Å². The quantitative estimate of drug-likeness (QED) is 0.882. The lowest BCUT2D eigenvalue weighted by atomic mass is 9.98. The topological polar surface area (TPSA) is 83.6 Å². The summed E-state index contributed by atoms with van der Waals surface area (Å²) >= 11 is 0. The Hall–Kier alpha value is -2.19. The molecule has 0 spiro atoms. The molecule has 0 aliphatic carbocycles. The van der Waals surface area contributed by atoms with Gasteiger partial charge in [-0.15, -0.1) is 5.10 Å². The number of amides is 1. The average molecular weight is 329 g/mol. The van der Waals surface area contributed by atoms with Crippen LogP contribution in [0.15, 0.2) is 0 Å². The van der Waals surface area contributed by atoms with Crippen molar-refractivity contribution in [1.29, 1.82) is 0 Å². The van der Waals surface area contributed by atoms with Crippen LogP contribution in [0.25, 0.3) is 11.0 Å². The molecule has 23 heavy (non-hydrogen) atoms. The normalized spacial score (nSPS) is 13.3. The molecule has 2 aromatic heterocycles. The van der Waals surface area contributed by atoms with Gasteiger partial charge in [-0.1, -0.05) is 13.3 Å². The summed E-state index contributed by atoms with van der Waals surface area (Å²) < 4.78 is 37.4. The second kappa shape index (κ2) is 6.51. The lowest BCUT2D eigenvalue weighted by molar-refractivity contribution is -0.146. The van der Waals surface area contributed by atoms with Gasteiger partial charge in [-0.3, -0.25) is 9.89 Å². The molecule has 1 atom stereocenters. The smallest absolute Gasteiger partial charge is 0.309 e. The van der Waals surface area contributed by atoms with Crippen molar-refractivity contribution in [3.8, 4) is 0 Å². The van der Waals surface area contributed by atoms with Crippen LogP contribution < -0.4 is 5.32 Å². The molecule has 1 unspecified atom stereocenters. The molecule has 2 rings (SSSR count). The second-order valence-corrected chi connectivity index (χ2v) is 5.55. The number of aromatic amines is 1. The van der Waals surface area contributed by atoms with E-state index in [0.29, 0.717) is 16.7 Å². The lowest BCUT2D eigenvalue weighted by Crippen LogP contribution is -2.21. The SMILES string of the molecule is CCC(CC(=O)Nc1n[nH]c2nnc(C)c(C)c12)CC(F)(F)F. The highest BCUT2D eigenvalue weighted by Crippen LogP contribution is 2.29. The highest BCUT2D eigenvalue weighted by Gasteiger charge is 2.32. The number of alkyl halides is 3. The van der Waals surface area contributed by atoms with Crippen LogP contribution in [0.3, 0.4) is 0 Å². The van der Waals surface area contributed by atoms with Crippen LogP contribution in [0, 0.1) is 19.8 Å². The van der Waals surface area contributed by atoms with Crippen LogP contribution in [0.2, 0.25) is 0 Å². The van der Waals surface area contributed by atoms with Crippen LogP contribution in [0.1, 0.15) is 37.4 Å². The summed E-state index contributed by atoms with van der Waals surface area (Å²) in [7, 11) is 0. The summed E-state index contributed by atoms with van der Waals surface area (Å²) in [6, 6.07) is 0. The number of hydrogen-bond donors (Lipinski definition) is 2. The Morgan fingerprint density at radius 2 is 2.00 bits per heavy atom. The predicted octanol–water partition coefficient (Wildman–Crippen LogP) is 3.28. The van der Waals surface area contributed by atoms with Gasteiger partial charge in [0.15, 0.2) is 11.5 Å². The summed E-state index contributed by atoms with van der Waals surface area (Å²) in [6.07, 6.45) is -5.18. The molecule has 6 nitrogen and oxygen atoms in total. The number of H-pyrrole nitrogens is 1. The van der Waals surface area contributed by atoms with E-state index in [1.54, 1.807) is 13.8 Å². The van der Waals surface area contributed by atoms with Crippen LogP contribution >= 0.6 is 0 Å². The second-order valence-electron chi connectivity index (χ2n) is 5.55. The minimum absolute atomic E-state index is 0.207. The summed E-state index contributed by atoms with van der Waals surface area (Å²) in [5.41, 5.74) is 1.92. The number of carbonyl (C=O) groups excluding carboxylic acids is 1. The number of anilines is 1. The van der Waals surface area contributed by atoms with Gasteiger partial charge in [-0.25, -0.2) is 0 Å². The van der Waals surface area contributed by atoms with E-state index in [-0.39, 0.29) is 18.7 Å². The maximum Gasteiger partial charge on any atom is 0.389 e. The molecule has 0 bridgehead atoms. The molecule has 2 N–H and O–H groups in total. The zero-order chi connectivity index (χ0) is 17.2. The van der Waals surface area contributed by atoms with Crippen molar-refractivity contribution in [2.45, 2.75) is 46.2 Å². The van der Waals surface area contributed by atoms with E-state index in [4.69, 9.17) is 0 Å². The van der Waals surface area contributed by atoms with Crippen molar-refractivity contribution >= 4 is 22.8 Å². The first-order chi connectivity index (χ1) is 10.7. The number of hydrogen-bond acceptors (Lipinski definition) is 4. The average Bonchev–Trinajstić information content (AvgIpc) is 2.84. The molecule has 0 fully saturated rings. The Morgan fingerprint density at radius 3 is 2.61 bits per heavy atom. The van der Waals surface area contributed by atoms with E-state index in [0.717, 1.165) is 5.56 Å². The number of nitrogens with one attached hydrogen (secondary N) is 2. The fourth-order valence-corrected chi connectivity index (χ4v) is 2.37. The number of halogens is 3. The van der Waals surface area contributed by atoms with E-state index >= 15 is 0 Å². The van der Waals surface area contributed by atoms with Gasteiger partial charge in [0, 0.05) is 12.8 Å². The minimum Gasteiger partial charge on any atom is -0.309 e. The maximum atomic E-state index is 12.5. The molecule has 0 saturated carbocycles. The van der Waals surface area contributed by atoms with E-state index in [1.165, 1.54) is 0 Å². The predicted molar refractivity (Wildman–Crippen MR) is 78.9 cm³/mol. The molecule has 1 amide bonds.